The third-order valence-electron chi connectivity index (χ3n) is 6.95. The summed E-state index contributed by atoms with van der Waals surface area (Å²) in [5.41, 5.74) is 3.69. The Kier molecular flexibility index (Phi) is 6.01. The number of hydrogen-bond acceptors (Lipinski definition) is 6. The fourth-order valence-corrected chi connectivity index (χ4v) is 5.00. The molecule has 1 saturated heterocycles. The number of ether oxygens (including phenoxy) is 1. The van der Waals surface area contributed by atoms with Crippen molar-refractivity contribution < 1.29 is 4.74 Å². The molecule has 170 valence electrons. The summed E-state index contributed by atoms with van der Waals surface area (Å²) in [6.45, 7) is 2.74. The fraction of sp³-hybridized carbons (Fsp3) is 0.423. The van der Waals surface area contributed by atoms with E-state index >= 15 is 0 Å². The third-order valence-corrected chi connectivity index (χ3v) is 6.95. The van der Waals surface area contributed by atoms with E-state index in [1.807, 2.05) is 0 Å². The molecule has 3 heterocycles. The van der Waals surface area contributed by atoms with Gasteiger partial charge in [0.25, 0.3) is 5.56 Å². The molecule has 0 atom stereocenters. The van der Waals surface area contributed by atoms with Crippen molar-refractivity contribution in [2.45, 2.75) is 37.8 Å². The van der Waals surface area contributed by atoms with Crippen LogP contribution in [0.25, 0.3) is 11.0 Å². The van der Waals surface area contributed by atoms with Gasteiger partial charge in [-0.05, 0) is 49.9 Å². The first-order valence-electron chi connectivity index (χ1n) is 11.7. The number of fused-ring (bicyclic) bond motifs is 1. The molecule has 33 heavy (non-hydrogen) atoms. The molecule has 1 aliphatic heterocycles. The number of para-hydroxylation sites is 1. The molecule has 5 rings (SSSR count). The number of hydrogen-bond donors (Lipinski definition) is 1. The minimum Gasteiger partial charge on any atom is -0.381 e. The first kappa shape index (κ1) is 21.5. The molecule has 3 aromatic rings. The number of nitriles is 1. The maximum absolute atomic E-state index is 12.5. The van der Waals surface area contributed by atoms with Crippen molar-refractivity contribution in [3.8, 4) is 6.07 Å². The van der Waals surface area contributed by atoms with E-state index in [1.54, 1.807) is 29.8 Å². The first-order chi connectivity index (χ1) is 16.1. The fourth-order valence-electron chi connectivity index (χ4n) is 5.00. The van der Waals surface area contributed by atoms with Gasteiger partial charge in [-0.1, -0.05) is 18.2 Å². The highest BCUT2D eigenvalue weighted by Crippen LogP contribution is 2.31. The number of anilines is 2. The summed E-state index contributed by atoms with van der Waals surface area (Å²) in [6, 6.07) is 18.6. The zero-order valence-corrected chi connectivity index (χ0v) is 18.9. The van der Waals surface area contributed by atoms with Crippen LogP contribution in [0.15, 0.2) is 53.3 Å². The Bertz CT molecular complexity index is 1220. The predicted molar refractivity (Wildman–Crippen MR) is 129 cm³/mol. The van der Waals surface area contributed by atoms with Gasteiger partial charge in [-0.3, -0.25) is 4.79 Å². The molecule has 7 heteroatoms. The Balaban J connectivity index is 1.32. The van der Waals surface area contributed by atoms with Gasteiger partial charge < -0.3 is 19.5 Å². The Morgan fingerprint density at radius 3 is 2.58 bits per heavy atom. The summed E-state index contributed by atoms with van der Waals surface area (Å²) < 4.78 is 7.00. The van der Waals surface area contributed by atoms with Crippen molar-refractivity contribution in [3.05, 3.63) is 64.6 Å². The van der Waals surface area contributed by atoms with Crippen molar-refractivity contribution in [3.63, 3.8) is 0 Å². The Morgan fingerprint density at radius 2 is 1.91 bits per heavy atom. The summed E-state index contributed by atoms with van der Waals surface area (Å²) in [4.78, 5) is 19.6. The Hall–Kier alpha value is -3.37. The van der Waals surface area contributed by atoms with Crippen molar-refractivity contribution in [2.75, 3.05) is 30.0 Å². The van der Waals surface area contributed by atoms with Gasteiger partial charge in [0, 0.05) is 43.3 Å². The zero-order valence-electron chi connectivity index (χ0n) is 18.9. The molecule has 7 nitrogen and oxygen atoms in total. The van der Waals surface area contributed by atoms with E-state index in [0.29, 0.717) is 23.2 Å². The lowest BCUT2D eigenvalue weighted by molar-refractivity contribution is -0.0286. The molecule has 1 N–H and O–H groups in total. The lowest BCUT2D eigenvalue weighted by atomic mass is 9.89. The lowest BCUT2D eigenvalue weighted by Gasteiger charge is -2.42. The minimum absolute atomic E-state index is 0.0804. The van der Waals surface area contributed by atoms with Crippen LogP contribution in [0.3, 0.4) is 0 Å². The number of aryl methyl sites for hydroxylation is 1. The Labute approximate surface area is 193 Å². The first-order valence-corrected chi connectivity index (χ1v) is 11.7. The van der Waals surface area contributed by atoms with Gasteiger partial charge in [-0.25, -0.2) is 4.98 Å². The average Bonchev–Trinajstić information content (AvgIpc) is 2.83. The summed E-state index contributed by atoms with van der Waals surface area (Å²) in [6.07, 6.45) is 4.20. The van der Waals surface area contributed by atoms with Crippen LogP contribution in [-0.4, -0.2) is 41.4 Å². The van der Waals surface area contributed by atoms with Crippen LogP contribution >= 0.6 is 0 Å². The van der Waals surface area contributed by atoms with E-state index in [-0.39, 0.29) is 11.6 Å². The van der Waals surface area contributed by atoms with E-state index in [2.05, 4.69) is 51.6 Å². The highest BCUT2D eigenvalue weighted by Gasteiger charge is 2.30. The van der Waals surface area contributed by atoms with Gasteiger partial charge in [0.05, 0.1) is 24.4 Å². The number of rotatable bonds is 6. The monoisotopic (exact) mass is 443 g/mol. The molecule has 2 fully saturated rings. The molecule has 2 aromatic heterocycles. The van der Waals surface area contributed by atoms with Gasteiger partial charge >= 0.3 is 0 Å². The van der Waals surface area contributed by atoms with Crippen molar-refractivity contribution >= 4 is 22.4 Å². The van der Waals surface area contributed by atoms with Gasteiger partial charge in [0.2, 0.25) is 0 Å². The second-order valence-electron chi connectivity index (χ2n) is 9.17. The third kappa shape index (κ3) is 4.44. The highest BCUT2D eigenvalue weighted by atomic mass is 16.5. The summed E-state index contributed by atoms with van der Waals surface area (Å²) in [5.74, 6) is 0.605. The van der Waals surface area contributed by atoms with Gasteiger partial charge in [-0.2, -0.15) is 5.26 Å². The molecule has 0 bridgehead atoms. The van der Waals surface area contributed by atoms with E-state index < -0.39 is 0 Å². The molecular weight excluding hydrogens is 414 g/mol. The SMILES string of the molecule is Cn1c(=O)cc(N[C@H]2CC[C@@H](N(CC3COC3)c3ccccc3)CC2)c2nc(C#N)ccc21. The van der Waals surface area contributed by atoms with Crippen LogP contribution in [0.1, 0.15) is 31.4 Å². The molecule has 1 aliphatic carbocycles. The van der Waals surface area contributed by atoms with Crippen LogP contribution in [-0.2, 0) is 11.8 Å². The standard InChI is InChI=1S/C26H29N5O2/c1-30-24-12-9-20(14-27)29-26(24)23(13-25(30)32)28-19-7-10-22(11-8-19)31(15-18-16-33-17-18)21-5-3-2-4-6-21/h2-6,9,12-13,18-19,22,28H,7-8,10-11,15-17H2,1H3/t19-,22+. The zero-order chi connectivity index (χ0) is 22.8. The maximum atomic E-state index is 12.5. The van der Waals surface area contributed by atoms with Crippen molar-refractivity contribution in [2.24, 2.45) is 13.0 Å². The largest absolute Gasteiger partial charge is 0.381 e. The Morgan fingerprint density at radius 1 is 1.15 bits per heavy atom. The van der Waals surface area contributed by atoms with Crippen LogP contribution < -0.4 is 15.8 Å². The maximum Gasteiger partial charge on any atom is 0.252 e. The molecule has 0 unspecified atom stereocenters. The number of aromatic nitrogens is 2. The van der Waals surface area contributed by atoms with E-state index in [4.69, 9.17) is 4.74 Å². The quantitative estimate of drug-likeness (QED) is 0.626. The molecule has 1 saturated carbocycles. The van der Waals surface area contributed by atoms with Gasteiger partial charge in [0.1, 0.15) is 17.3 Å². The molecule has 1 aromatic carbocycles. The van der Waals surface area contributed by atoms with Crippen molar-refractivity contribution in [1.82, 2.24) is 9.55 Å². The number of benzene rings is 1. The molecule has 0 spiro atoms. The number of nitrogens with zero attached hydrogens (tertiary/aromatic N) is 4. The van der Waals surface area contributed by atoms with E-state index in [9.17, 15) is 10.1 Å². The number of pyridine rings is 2. The van der Waals surface area contributed by atoms with Gasteiger partial charge in [0.15, 0.2) is 0 Å². The van der Waals surface area contributed by atoms with E-state index in [0.717, 1.165) is 56.6 Å². The summed E-state index contributed by atoms with van der Waals surface area (Å²) in [7, 11) is 1.73. The molecule has 2 aliphatic rings. The number of nitrogens with one attached hydrogen (secondary N) is 1. The topological polar surface area (TPSA) is 83.2 Å². The highest BCUT2D eigenvalue weighted by molar-refractivity contribution is 5.88. The second kappa shape index (κ2) is 9.24. The van der Waals surface area contributed by atoms with Gasteiger partial charge in [-0.15, -0.1) is 0 Å². The van der Waals surface area contributed by atoms with E-state index in [1.165, 1.54) is 5.69 Å². The smallest absolute Gasteiger partial charge is 0.252 e. The van der Waals surface area contributed by atoms with Crippen LogP contribution in [0, 0.1) is 17.2 Å². The summed E-state index contributed by atoms with van der Waals surface area (Å²) in [5, 5.41) is 12.9. The molecule has 0 radical (unpaired) electrons. The molecular formula is C26H29N5O2. The lowest BCUT2D eigenvalue weighted by Crippen LogP contribution is -2.46. The van der Waals surface area contributed by atoms with Crippen LogP contribution in [0.2, 0.25) is 0 Å². The normalized spacial score (nSPS) is 20.7. The van der Waals surface area contributed by atoms with Crippen LogP contribution in [0.4, 0.5) is 11.4 Å². The minimum atomic E-state index is -0.0804. The summed E-state index contributed by atoms with van der Waals surface area (Å²) >= 11 is 0. The molecule has 0 amide bonds. The second-order valence-corrected chi connectivity index (χ2v) is 9.17. The van der Waals surface area contributed by atoms with Crippen LogP contribution in [0.5, 0.6) is 0 Å². The average molecular weight is 444 g/mol. The predicted octanol–water partition coefficient (Wildman–Crippen LogP) is 3.68. The van der Waals surface area contributed by atoms with Crippen molar-refractivity contribution in [1.29, 1.82) is 5.26 Å².